The van der Waals surface area contributed by atoms with E-state index in [1.165, 1.54) is 38.6 Å². The molecule has 0 radical (unpaired) electrons. The van der Waals surface area contributed by atoms with Gasteiger partial charge in [-0.25, -0.2) is 9.37 Å². The number of aryl methyl sites for hydroxylation is 1. The van der Waals surface area contributed by atoms with Crippen LogP contribution in [0.1, 0.15) is 29.3 Å². The van der Waals surface area contributed by atoms with Gasteiger partial charge in [-0.1, -0.05) is 23.7 Å². The molecule has 1 aliphatic heterocycles. The summed E-state index contributed by atoms with van der Waals surface area (Å²) < 4.78 is 19.5. The number of nitrogens with zero attached hydrogens (tertiary/aromatic N) is 3. The first-order valence-corrected chi connectivity index (χ1v) is 12.9. The van der Waals surface area contributed by atoms with Crippen LogP contribution in [0.5, 0.6) is 0 Å². The number of anilines is 5. The molecule has 3 aromatic rings. The van der Waals surface area contributed by atoms with Gasteiger partial charge in [0.15, 0.2) is 5.82 Å². The van der Waals surface area contributed by atoms with Crippen LogP contribution in [-0.2, 0) is 20.7 Å². The Balaban J connectivity index is 1.59. The molecule has 0 saturated carbocycles. The smallest absolute Gasteiger partial charge is 0.253 e. The molecule has 0 saturated heterocycles. The first kappa shape index (κ1) is 28.7. The fraction of sp³-hybridized carbons (Fsp3) is 0.296. The number of amides is 3. The van der Waals surface area contributed by atoms with Crippen LogP contribution in [0.3, 0.4) is 0 Å². The molecule has 3 amide bonds. The average Bonchev–Trinajstić information content (AvgIpc) is 3.06. The minimum atomic E-state index is -0.669. The van der Waals surface area contributed by atoms with E-state index in [1.54, 1.807) is 4.90 Å². The number of halogens is 2. The molecule has 2 heterocycles. The number of nitrogens with one attached hydrogen (secondary N) is 4. The standard InChI is InChI=1S/C27H29ClFN7O4/c1-4-36-21-12-16(10-8-15(21)9-11-20(26(36)39)33-22(37)14-40-3)32-27-31-13-18(28)24(35-27)34-23-17(25(38)30-2)6-5-7-19(23)29/h5-8,10,12-13,20H,4,9,11,14H2,1-3H3,(H,30,38)(H,33,37)(H2,31,32,34,35). The van der Waals surface area contributed by atoms with Crippen LogP contribution < -0.4 is 26.2 Å². The van der Waals surface area contributed by atoms with Crippen LogP contribution in [-0.4, -0.2) is 61.0 Å². The Bertz CT molecular complexity index is 1440. The van der Waals surface area contributed by atoms with Gasteiger partial charge in [-0.2, -0.15) is 4.98 Å². The second-order valence-corrected chi connectivity index (χ2v) is 9.31. The topological polar surface area (TPSA) is 138 Å². The Morgan fingerprint density at radius 3 is 2.75 bits per heavy atom. The summed E-state index contributed by atoms with van der Waals surface area (Å²) in [6, 6.07) is 8.98. The number of para-hydroxylation sites is 1. The molecule has 4 N–H and O–H groups in total. The van der Waals surface area contributed by atoms with Gasteiger partial charge in [0.25, 0.3) is 5.91 Å². The molecule has 0 aliphatic carbocycles. The largest absolute Gasteiger partial charge is 0.375 e. The van der Waals surface area contributed by atoms with E-state index in [1.807, 2.05) is 25.1 Å². The summed E-state index contributed by atoms with van der Waals surface area (Å²) in [5, 5.41) is 11.2. The number of hydrogen-bond acceptors (Lipinski definition) is 8. The second-order valence-electron chi connectivity index (χ2n) is 8.90. The highest BCUT2D eigenvalue weighted by atomic mass is 35.5. The molecule has 2 aromatic carbocycles. The Labute approximate surface area is 235 Å². The molecule has 1 aliphatic rings. The predicted octanol–water partition coefficient (Wildman–Crippen LogP) is 3.55. The van der Waals surface area contributed by atoms with Gasteiger partial charge in [-0.3, -0.25) is 14.4 Å². The van der Waals surface area contributed by atoms with E-state index in [9.17, 15) is 18.8 Å². The van der Waals surface area contributed by atoms with Gasteiger partial charge in [0.05, 0.1) is 17.4 Å². The van der Waals surface area contributed by atoms with Gasteiger partial charge < -0.3 is 30.9 Å². The van der Waals surface area contributed by atoms with Crippen LogP contribution in [0.15, 0.2) is 42.6 Å². The first-order valence-electron chi connectivity index (χ1n) is 12.6. The van der Waals surface area contributed by atoms with Crippen molar-refractivity contribution in [3.05, 3.63) is 64.6 Å². The summed E-state index contributed by atoms with van der Waals surface area (Å²) in [5.74, 6) is -1.47. The summed E-state index contributed by atoms with van der Waals surface area (Å²) in [6.07, 6.45) is 2.38. The number of aromatic nitrogens is 2. The summed E-state index contributed by atoms with van der Waals surface area (Å²) in [7, 11) is 2.87. The van der Waals surface area contributed by atoms with Crippen molar-refractivity contribution < 1.29 is 23.5 Å². The first-order chi connectivity index (χ1) is 19.2. The molecule has 210 valence electrons. The molecule has 0 spiro atoms. The van der Waals surface area contributed by atoms with Crippen LogP contribution in [0.25, 0.3) is 0 Å². The predicted molar refractivity (Wildman–Crippen MR) is 150 cm³/mol. The number of likely N-dealkylation sites (N-methyl/N-ethyl adjacent to an activating group) is 1. The van der Waals surface area contributed by atoms with Crippen molar-refractivity contribution in [2.24, 2.45) is 0 Å². The summed E-state index contributed by atoms with van der Waals surface area (Å²) in [5.41, 5.74) is 2.25. The summed E-state index contributed by atoms with van der Waals surface area (Å²) in [4.78, 5) is 47.8. The molecule has 1 unspecified atom stereocenters. The fourth-order valence-electron chi connectivity index (χ4n) is 4.40. The lowest BCUT2D eigenvalue weighted by atomic mass is 10.1. The molecule has 11 nitrogen and oxygen atoms in total. The van der Waals surface area contributed by atoms with Crippen LogP contribution in [0, 0.1) is 5.82 Å². The van der Waals surface area contributed by atoms with Gasteiger partial charge >= 0.3 is 0 Å². The zero-order chi connectivity index (χ0) is 28.8. The van der Waals surface area contributed by atoms with Crippen LogP contribution >= 0.6 is 11.6 Å². The van der Waals surface area contributed by atoms with E-state index < -0.39 is 17.8 Å². The van der Waals surface area contributed by atoms with Gasteiger partial charge in [0.1, 0.15) is 23.5 Å². The zero-order valence-corrected chi connectivity index (χ0v) is 22.9. The molecular formula is C27H29ClFN7O4. The van der Waals surface area contributed by atoms with E-state index in [0.29, 0.717) is 30.8 Å². The molecule has 13 heteroatoms. The monoisotopic (exact) mass is 569 g/mol. The summed E-state index contributed by atoms with van der Waals surface area (Å²) >= 11 is 6.28. The molecule has 0 fully saturated rings. The minimum absolute atomic E-state index is 0.0809. The third-order valence-corrected chi connectivity index (χ3v) is 6.57. The van der Waals surface area contributed by atoms with Crippen molar-refractivity contribution in [1.82, 2.24) is 20.6 Å². The van der Waals surface area contributed by atoms with Crippen LogP contribution in [0.2, 0.25) is 5.02 Å². The second kappa shape index (κ2) is 12.7. The Kier molecular flexibility index (Phi) is 9.12. The van der Waals surface area contributed by atoms with Gasteiger partial charge in [0, 0.05) is 32.1 Å². The van der Waals surface area contributed by atoms with E-state index >= 15 is 0 Å². The lowest BCUT2D eigenvalue weighted by Gasteiger charge is -2.25. The number of carbonyl (C=O) groups is 3. The number of benzene rings is 2. The van der Waals surface area contributed by atoms with Crippen molar-refractivity contribution in [2.75, 3.05) is 42.8 Å². The number of ether oxygens (including phenoxy) is 1. The van der Waals surface area contributed by atoms with E-state index in [0.717, 1.165) is 5.56 Å². The van der Waals surface area contributed by atoms with Gasteiger partial charge in [-0.05, 0) is 49.6 Å². The van der Waals surface area contributed by atoms with Crippen molar-refractivity contribution in [2.45, 2.75) is 25.8 Å². The highest BCUT2D eigenvalue weighted by Crippen LogP contribution is 2.32. The minimum Gasteiger partial charge on any atom is -0.375 e. The van der Waals surface area contributed by atoms with Crippen molar-refractivity contribution >= 4 is 58.2 Å². The molecule has 1 atom stereocenters. The van der Waals surface area contributed by atoms with E-state index in [4.69, 9.17) is 16.3 Å². The lowest BCUT2D eigenvalue weighted by molar-refractivity contribution is -0.129. The maximum Gasteiger partial charge on any atom is 0.253 e. The normalized spacial score (nSPS) is 14.7. The maximum absolute atomic E-state index is 14.6. The van der Waals surface area contributed by atoms with Crippen molar-refractivity contribution in [3.8, 4) is 0 Å². The quantitative estimate of drug-likeness (QED) is 0.307. The molecule has 40 heavy (non-hydrogen) atoms. The number of fused-ring (bicyclic) bond motifs is 1. The van der Waals surface area contributed by atoms with Gasteiger partial charge in [-0.15, -0.1) is 0 Å². The lowest BCUT2D eigenvalue weighted by Crippen LogP contribution is -2.48. The Morgan fingerprint density at radius 2 is 2.02 bits per heavy atom. The van der Waals surface area contributed by atoms with Gasteiger partial charge in [0.2, 0.25) is 17.8 Å². The SMILES string of the molecule is CCN1C(=O)C(NC(=O)COC)CCc2ccc(Nc3ncc(Cl)c(Nc4c(F)cccc4C(=O)NC)n3)cc21. The number of rotatable bonds is 9. The molecular weight excluding hydrogens is 541 g/mol. The fourth-order valence-corrected chi connectivity index (χ4v) is 4.54. The Hall–Kier alpha value is -4.29. The highest BCUT2D eigenvalue weighted by molar-refractivity contribution is 6.33. The number of hydrogen-bond donors (Lipinski definition) is 4. The third-order valence-electron chi connectivity index (χ3n) is 6.30. The average molecular weight is 570 g/mol. The third kappa shape index (κ3) is 6.29. The van der Waals surface area contributed by atoms with Crippen LogP contribution in [0.4, 0.5) is 33.2 Å². The zero-order valence-electron chi connectivity index (χ0n) is 22.2. The molecule has 0 bridgehead atoms. The highest BCUT2D eigenvalue weighted by Gasteiger charge is 2.30. The van der Waals surface area contributed by atoms with E-state index in [2.05, 4.69) is 31.2 Å². The number of carbonyl (C=O) groups excluding carboxylic acids is 3. The molecule has 4 rings (SSSR count). The maximum atomic E-state index is 14.6. The summed E-state index contributed by atoms with van der Waals surface area (Å²) in [6.45, 7) is 2.13. The number of methoxy groups -OCH3 is 1. The van der Waals surface area contributed by atoms with Crippen molar-refractivity contribution in [3.63, 3.8) is 0 Å². The van der Waals surface area contributed by atoms with E-state index in [-0.39, 0.29) is 46.5 Å². The Morgan fingerprint density at radius 1 is 1.23 bits per heavy atom. The van der Waals surface area contributed by atoms with Crippen molar-refractivity contribution in [1.29, 1.82) is 0 Å². The molecule has 1 aromatic heterocycles.